The first-order chi connectivity index (χ1) is 14.5. The Labute approximate surface area is 185 Å². The average Bonchev–Trinajstić information content (AvgIpc) is 3.16. The summed E-state index contributed by atoms with van der Waals surface area (Å²) in [7, 11) is 1.55. The third-order valence-corrected chi connectivity index (χ3v) is 6.00. The van der Waals surface area contributed by atoms with E-state index < -0.39 is 0 Å². The van der Waals surface area contributed by atoms with Crippen molar-refractivity contribution >= 4 is 0 Å². The number of aromatic nitrogens is 4. The Morgan fingerprint density at radius 3 is 2.45 bits per heavy atom. The molecule has 1 heterocycles. The van der Waals surface area contributed by atoms with Crippen LogP contribution in [0.4, 0.5) is 0 Å². The van der Waals surface area contributed by atoms with E-state index in [0.717, 1.165) is 43.5 Å². The van der Waals surface area contributed by atoms with Gasteiger partial charge in [0.15, 0.2) is 17.3 Å². The Morgan fingerprint density at radius 1 is 1.19 bits per heavy atom. The molecular formula is C23H38N6O2. The van der Waals surface area contributed by atoms with Crippen LogP contribution >= 0.6 is 0 Å². The molecular weight excluding hydrogens is 392 g/mol. The second kappa shape index (κ2) is 9.12. The Hall–Kier alpha value is -2.19. The van der Waals surface area contributed by atoms with Crippen molar-refractivity contribution in [2.75, 3.05) is 7.11 Å². The molecule has 8 nitrogen and oxygen atoms in total. The Morgan fingerprint density at radius 2 is 1.87 bits per heavy atom. The minimum Gasteiger partial charge on any atom is -0.504 e. The molecule has 1 aliphatic carbocycles. The summed E-state index contributed by atoms with van der Waals surface area (Å²) in [6.07, 6.45) is 4.92. The summed E-state index contributed by atoms with van der Waals surface area (Å²) in [5, 5.41) is 27.1. The highest BCUT2D eigenvalue weighted by Crippen LogP contribution is 2.36. The van der Waals surface area contributed by atoms with E-state index in [2.05, 4.69) is 55.5 Å². The number of benzene rings is 1. The maximum Gasteiger partial charge on any atom is 0.173 e. The molecule has 1 saturated carbocycles. The number of hydrogen-bond donors (Lipinski definition) is 3. The van der Waals surface area contributed by atoms with Gasteiger partial charge in [0, 0.05) is 12.1 Å². The highest BCUT2D eigenvalue weighted by Gasteiger charge is 2.34. The summed E-state index contributed by atoms with van der Waals surface area (Å²) < 4.78 is 7.17. The second-order valence-corrected chi connectivity index (χ2v) is 10.6. The van der Waals surface area contributed by atoms with Crippen LogP contribution in [0.3, 0.4) is 0 Å². The lowest BCUT2D eigenvalue weighted by atomic mass is 9.81. The van der Waals surface area contributed by atoms with Gasteiger partial charge in [-0.05, 0) is 79.5 Å². The molecule has 8 heteroatoms. The number of nitrogens with one attached hydrogen (secondary N) is 1. The minimum atomic E-state index is -0.277. The van der Waals surface area contributed by atoms with Gasteiger partial charge in [-0.2, -0.15) is 0 Å². The molecule has 0 aliphatic heterocycles. The van der Waals surface area contributed by atoms with Gasteiger partial charge in [-0.1, -0.05) is 26.8 Å². The number of aromatic hydroxyl groups is 1. The van der Waals surface area contributed by atoms with E-state index in [-0.39, 0.29) is 28.8 Å². The first kappa shape index (κ1) is 23.5. The number of rotatable bonds is 7. The number of methoxy groups -OCH3 is 1. The molecule has 4 N–H and O–H groups in total. The lowest BCUT2D eigenvalue weighted by molar-refractivity contribution is 0.186. The zero-order valence-electron chi connectivity index (χ0n) is 19.7. The van der Waals surface area contributed by atoms with Crippen molar-refractivity contribution in [1.82, 2.24) is 25.5 Å². The molecule has 1 aliphatic rings. The van der Waals surface area contributed by atoms with Gasteiger partial charge in [0.05, 0.1) is 18.7 Å². The fourth-order valence-electron chi connectivity index (χ4n) is 4.91. The molecule has 172 valence electrons. The van der Waals surface area contributed by atoms with E-state index in [4.69, 9.17) is 10.5 Å². The van der Waals surface area contributed by atoms with E-state index in [1.54, 1.807) is 19.2 Å². The Balaban J connectivity index is 1.99. The van der Waals surface area contributed by atoms with E-state index in [0.29, 0.717) is 11.8 Å². The van der Waals surface area contributed by atoms with Crippen molar-refractivity contribution in [3.05, 3.63) is 29.6 Å². The van der Waals surface area contributed by atoms with Crippen LogP contribution in [0, 0.1) is 5.41 Å². The molecule has 0 amide bonds. The van der Waals surface area contributed by atoms with Crippen LogP contribution < -0.4 is 15.8 Å². The molecule has 1 atom stereocenters. The summed E-state index contributed by atoms with van der Waals surface area (Å²) in [4.78, 5) is 0. The molecule has 1 fully saturated rings. The summed E-state index contributed by atoms with van der Waals surface area (Å²) in [5.41, 5.74) is 6.85. The second-order valence-electron chi connectivity index (χ2n) is 10.6. The van der Waals surface area contributed by atoms with E-state index in [9.17, 15) is 5.11 Å². The largest absolute Gasteiger partial charge is 0.504 e. The van der Waals surface area contributed by atoms with Gasteiger partial charge in [-0.15, -0.1) is 5.10 Å². The number of phenols is 1. The van der Waals surface area contributed by atoms with Gasteiger partial charge >= 0.3 is 0 Å². The number of nitrogens with two attached hydrogens (primary N) is 1. The lowest BCUT2D eigenvalue weighted by Gasteiger charge is -2.35. The fraction of sp³-hybridized carbons (Fsp3) is 0.696. The molecule has 1 aromatic carbocycles. The van der Waals surface area contributed by atoms with Crippen molar-refractivity contribution in [1.29, 1.82) is 0 Å². The molecule has 2 aromatic rings. The number of phenolic OH excluding ortho intramolecular Hbond substituents is 1. The van der Waals surface area contributed by atoms with E-state index >= 15 is 0 Å². The maximum absolute atomic E-state index is 10.4. The van der Waals surface area contributed by atoms with Crippen LogP contribution in [0.5, 0.6) is 11.5 Å². The van der Waals surface area contributed by atoms with Crippen LogP contribution in [0.1, 0.15) is 84.2 Å². The van der Waals surface area contributed by atoms with Crippen LogP contribution in [-0.2, 0) is 5.54 Å². The minimum absolute atomic E-state index is 0.102. The van der Waals surface area contributed by atoms with Gasteiger partial charge in [0.25, 0.3) is 0 Å². The topological polar surface area (TPSA) is 111 Å². The fourth-order valence-corrected chi connectivity index (χ4v) is 4.91. The molecule has 1 unspecified atom stereocenters. The highest BCUT2D eigenvalue weighted by atomic mass is 16.5. The molecule has 3 rings (SSSR count). The standard InChI is InChI=1S/C23H38N6O2/c1-22(2,3)14-23(4,5)29-21(26-27-28-29)20(25-17-10-8-16(24)9-11-17)15-7-12-19(31-6)18(30)13-15/h7,12-13,16-17,20,25,30H,8-11,14,24H2,1-6H3. The number of tetrazole rings is 1. The summed E-state index contributed by atoms with van der Waals surface area (Å²) in [6, 6.07) is 5.80. The summed E-state index contributed by atoms with van der Waals surface area (Å²) in [6.45, 7) is 11.0. The predicted octanol–water partition coefficient (Wildman–Crippen LogP) is 3.51. The third kappa shape index (κ3) is 5.74. The number of ether oxygens (including phenoxy) is 1. The molecule has 1 aromatic heterocycles. The molecule has 0 spiro atoms. The molecule has 31 heavy (non-hydrogen) atoms. The number of nitrogens with zero attached hydrogens (tertiary/aromatic N) is 4. The van der Waals surface area contributed by atoms with Crippen LogP contribution in [0.25, 0.3) is 0 Å². The predicted molar refractivity (Wildman–Crippen MR) is 121 cm³/mol. The van der Waals surface area contributed by atoms with Gasteiger partial charge in [-0.25, -0.2) is 4.68 Å². The molecule has 0 radical (unpaired) electrons. The smallest absolute Gasteiger partial charge is 0.173 e. The Bertz CT molecular complexity index is 865. The van der Waals surface area contributed by atoms with Crippen LogP contribution in [-0.4, -0.2) is 44.5 Å². The summed E-state index contributed by atoms with van der Waals surface area (Å²) in [5.74, 6) is 1.29. The molecule has 0 bridgehead atoms. The summed E-state index contributed by atoms with van der Waals surface area (Å²) >= 11 is 0. The first-order valence-electron chi connectivity index (χ1n) is 11.2. The first-order valence-corrected chi connectivity index (χ1v) is 11.2. The SMILES string of the molecule is COc1ccc(C(NC2CCC(N)CC2)c2nnnn2C(C)(C)CC(C)(C)C)cc1O. The van der Waals surface area contributed by atoms with Gasteiger partial charge in [0.2, 0.25) is 0 Å². The van der Waals surface area contributed by atoms with Crippen molar-refractivity contribution in [3.8, 4) is 11.5 Å². The van der Waals surface area contributed by atoms with Gasteiger partial charge < -0.3 is 20.9 Å². The van der Waals surface area contributed by atoms with Crippen molar-refractivity contribution < 1.29 is 9.84 Å². The normalized spacial score (nSPS) is 21.1. The quantitative estimate of drug-likeness (QED) is 0.616. The van der Waals surface area contributed by atoms with Crippen LogP contribution in [0.2, 0.25) is 0 Å². The van der Waals surface area contributed by atoms with E-state index in [1.165, 1.54) is 0 Å². The number of hydrogen-bond acceptors (Lipinski definition) is 7. The maximum atomic E-state index is 10.4. The van der Waals surface area contributed by atoms with Crippen molar-refractivity contribution in [2.24, 2.45) is 11.1 Å². The van der Waals surface area contributed by atoms with Gasteiger partial charge in [0.1, 0.15) is 0 Å². The zero-order valence-corrected chi connectivity index (χ0v) is 19.7. The third-order valence-electron chi connectivity index (χ3n) is 6.00. The van der Waals surface area contributed by atoms with Crippen molar-refractivity contribution in [3.63, 3.8) is 0 Å². The monoisotopic (exact) mass is 430 g/mol. The zero-order chi connectivity index (χ0) is 22.8. The van der Waals surface area contributed by atoms with E-state index in [1.807, 2.05) is 10.7 Å². The van der Waals surface area contributed by atoms with Crippen LogP contribution in [0.15, 0.2) is 18.2 Å². The Kier molecular flexibility index (Phi) is 6.91. The molecule has 0 saturated heterocycles. The average molecular weight is 431 g/mol. The highest BCUT2D eigenvalue weighted by molar-refractivity contribution is 5.43. The van der Waals surface area contributed by atoms with Gasteiger partial charge in [-0.3, -0.25) is 0 Å². The van der Waals surface area contributed by atoms with Crippen molar-refractivity contribution in [2.45, 2.75) is 90.4 Å². The lowest BCUT2D eigenvalue weighted by Crippen LogP contribution is -2.42.